The highest BCUT2D eigenvalue weighted by Gasteiger charge is 2.61. The zero-order chi connectivity index (χ0) is 32.3. The van der Waals surface area contributed by atoms with Crippen molar-refractivity contribution in [2.24, 2.45) is 5.41 Å². The van der Waals surface area contributed by atoms with Crippen LogP contribution in [0.5, 0.6) is 17.2 Å². The van der Waals surface area contributed by atoms with Crippen LogP contribution in [-0.4, -0.2) is 68.8 Å². The second-order valence-corrected chi connectivity index (χ2v) is 15.5. The fourth-order valence-corrected chi connectivity index (χ4v) is 8.52. The molecule has 2 atom stereocenters. The number of hydrogen-bond acceptors (Lipinski definition) is 9. The highest BCUT2D eigenvalue weighted by molar-refractivity contribution is 7.93. The van der Waals surface area contributed by atoms with Gasteiger partial charge in [-0.05, 0) is 120 Å². The van der Waals surface area contributed by atoms with Crippen LogP contribution < -0.4 is 15.0 Å². The smallest absolute Gasteiger partial charge is 0.410 e. The SMILES string of the molecule is COc1ccc(Oc2ccc(S(=O)(=O)C3(C(=O)NOC4CCCCO4)CCC4(CCN(C(=O)OC(C)(C)C)CC4)C3)cc2)cc1. The van der Waals surface area contributed by atoms with Gasteiger partial charge in [-0.2, -0.15) is 0 Å². The lowest BCUT2D eigenvalue weighted by molar-refractivity contribution is -0.201. The van der Waals surface area contributed by atoms with E-state index in [-0.39, 0.29) is 23.8 Å². The van der Waals surface area contributed by atoms with Crippen molar-refractivity contribution in [3.8, 4) is 17.2 Å². The molecule has 2 heterocycles. The molecule has 1 aliphatic carbocycles. The molecule has 45 heavy (non-hydrogen) atoms. The molecule has 5 rings (SSSR count). The Morgan fingerprint density at radius 3 is 2.11 bits per heavy atom. The first-order chi connectivity index (χ1) is 21.3. The maximum absolute atomic E-state index is 14.5. The number of sulfone groups is 1. The number of rotatable bonds is 8. The highest BCUT2D eigenvalue weighted by Crippen LogP contribution is 2.55. The summed E-state index contributed by atoms with van der Waals surface area (Å²) in [4.78, 5) is 33.9. The van der Waals surface area contributed by atoms with Crippen molar-refractivity contribution in [1.82, 2.24) is 10.4 Å². The van der Waals surface area contributed by atoms with Crippen molar-refractivity contribution >= 4 is 21.8 Å². The van der Waals surface area contributed by atoms with Crippen LogP contribution in [0.15, 0.2) is 53.4 Å². The molecule has 0 bridgehead atoms. The summed E-state index contributed by atoms with van der Waals surface area (Å²) in [7, 11) is -2.61. The normalized spacial score (nSPS) is 23.4. The molecule has 3 aliphatic rings. The Hall–Kier alpha value is -3.35. The summed E-state index contributed by atoms with van der Waals surface area (Å²) in [5, 5.41) is 0. The Labute approximate surface area is 265 Å². The van der Waals surface area contributed by atoms with Crippen LogP contribution >= 0.6 is 0 Å². The molecule has 12 heteroatoms. The Bertz CT molecular complexity index is 1440. The van der Waals surface area contributed by atoms with Crippen LogP contribution in [0, 0.1) is 5.41 Å². The molecule has 0 aromatic heterocycles. The number of ether oxygens (including phenoxy) is 4. The molecule has 246 valence electrons. The van der Waals surface area contributed by atoms with Crippen LogP contribution in [-0.2, 0) is 28.9 Å². The van der Waals surface area contributed by atoms with E-state index in [2.05, 4.69) is 5.48 Å². The maximum Gasteiger partial charge on any atom is 0.410 e. The fourth-order valence-electron chi connectivity index (χ4n) is 6.42. The summed E-state index contributed by atoms with van der Waals surface area (Å²) < 4.78 is 49.4. The Kier molecular flexibility index (Phi) is 9.67. The second kappa shape index (κ2) is 13.2. The van der Waals surface area contributed by atoms with Gasteiger partial charge < -0.3 is 23.8 Å². The summed E-state index contributed by atoms with van der Waals surface area (Å²) in [5.74, 6) is 1.02. The summed E-state index contributed by atoms with van der Waals surface area (Å²) in [5.41, 5.74) is 1.43. The van der Waals surface area contributed by atoms with Gasteiger partial charge in [0.05, 0.1) is 12.0 Å². The van der Waals surface area contributed by atoms with E-state index < -0.39 is 37.8 Å². The van der Waals surface area contributed by atoms with Crippen LogP contribution in [0.3, 0.4) is 0 Å². The molecule has 2 aliphatic heterocycles. The molecular weight excluding hydrogens is 600 g/mol. The average Bonchev–Trinajstić information content (AvgIpc) is 3.41. The first-order valence-corrected chi connectivity index (χ1v) is 17.1. The van der Waals surface area contributed by atoms with E-state index in [1.807, 2.05) is 20.8 Å². The summed E-state index contributed by atoms with van der Waals surface area (Å²) in [6.07, 6.45) is 3.33. The van der Waals surface area contributed by atoms with Crippen molar-refractivity contribution in [3.63, 3.8) is 0 Å². The minimum absolute atomic E-state index is 0.0249. The predicted molar refractivity (Wildman–Crippen MR) is 166 cm³/mol. The van der Waals surface area contributed by atoms with Gasteiger partial charge in [0, 0.05) is 26.1 Å². The summed E-state index contributed by atoms with van der Waals surface area (Å²) >= 11 is 0. The molecule has 0 radical (unpaired) electrons. The second-order valence-electron chi connectivity index (χ2n) is 13.2. The third-order valence-corrected chi connectivity index (χ3v) is 11.4. The molecule has 2 amide bonds. The van der Waals surface area contributed by atoms with E-state index in [0.29, 0.717) is 62.6 Å². The Balaban J connectivity index is 1.36. The third-order valence-electron chi connectivity index (χ3n) is 8.97. The number of carbonyl (C=O) groups is 2. The number of nitrogens with one attached hydrogen (secondary N) is 1. The van der Waals surface area contributed by atoms with Gasteiger partial charge in [0.1, 0.15) is 22.8 Å². The lowest BCUT2D eigenvalue weighted by Gasteiger charge is -2.40. The van der Waals surface area contributed by atoms with Crippen molar-refractivity contribution in [3.05, 3.63) is 48.5 Å². The molecule has 3 fully saturated rings. The zero-order valence-electron chi connectivity index (χ0n) is 26.5. The highest BCUT2D eigenvalue weighted by atomic mass is 32.2. The first-order valence-electron chi connectivity index (χ1n) is 15.6. The van der Waals surface area contributed by atoms with E-state index in [4.69, 9.17) is 23.8 Å². The molecule has 1 spiro atoms. The largest absolute Gasteiger partial charge is 0.497 e. The summed E-state index contributed by atoms with van der Waals surface area (Å²) in [6.45, 7) is 6.84. The number of hydrogen-bond donors (Lipinski definition) is 1. The van der Waals surface area contributed by atoms with Gasteiger partial charge in [-0.3, -0.25) is 4.79 Å². The number of piperidine rings is 1. The molecule has 11 nitrogen and oxygen atoms in total. The van der Waals surface area contributed by atoms with Crippen molar-refractivity contribution < 1.29 is 41.8 Å². The van der Waals surface area contributed by atoms with Crippen molar-refractivity contribution in [2.45, 2.75) is 93.7 Å². The maximum atomic E-state index is 14.5. The number of carbonyl (C=O) groups excluding carboxylic acids is 2. The lowest BCUT2D eigenvalue weighted by atomic mass is 9.76. The summed E-state index contributed by atoms with van der Waals surface area (Å²) in [6, 6.07) is 13.2. The van der Waals surface area contributed by atoms with Gasteiger partial charge in [-0.25, -0.2) is 23.5 Å². The lowest BCUT2D eigenvalue weighted by Crippen LogP contribution is -2.53. The Morgan fingerprint density at radius 1 is 0.911 bits per heavy atom. The van der Waals surface area contributed by atoms with Crippen molar-refractivity contribution in [1.29, 1.82) is 0 Å². The van der Waals surface area contributed by atoms with E-state index in [1.54, 1.807) is 48.4 Å². The van der Waals surface area contributed by atoms with Gasteiger partial charge in [0.15, 0.2) is 20.9 Å². The van der Waals surface area contributed by atoms with Crippen LogP contribution in [0.2, 0.25) is 0 Å². The molecule has 2 aromatic rings. The quantitative estimate of drug-likeness (QED) is 0.356. The molecule has 2 saturated heterocycles. The molecule has 1 N–H and O–H groups in total. The minimum Gasteiger partial charge on any atom is -0.497 e. The third kappa shape index (κ3) is 7.39. The molecular formula is C33H44N2O9S. The fraction of sp³-hybridized carbons (Fsp3) is 0.576. The van der Waals surface area contributed by atoms with Gasteiger partial charge >= 0.3 is 6.09 Å². The van der Waals surface area contributed by atoms with Crippen LogP contribution in [0.1, 0.15) is 72.1 Å². The number of likely N-dealkylation sites (tertiary alicyclic amines) is 1. The first kappa shape index (κ1) is 33.0. The van der Waals surface area contributed by atoms with Crippen LogP contribution in [0.4, 0.5) is 4.79 Å². The number of nitrogens with zero attached hydrogens (tertiary/aromatic N) is 1. The van der Waals surface area contributed by atoms with Crippen molar-refractivity contribution in [2.75, 3.05) is 26.8 Å². The number of hydroxylamine groups is 1. The minimum atomic E-state index is -4.19. The topological polar surface area (TPSA) is 130 Å². The van der Waals surface area contributed by atoms with Gasteiger partial charge in [-0.1, -0.05) is 0 Å². The molecule has 2 unspecified atom stereocenters. The van der Waals surface area contributed by atoms with Gasteiger partial charge in [-0.15, -0.1) is 0 Å². The zero-order valence-corrected chi connectivity index (χ0v) is 27.3. The monoisotopic (exact) mass is 644 g/mol. The van der Waals surface area contributed by atoms with Gasteiger partial charge in [0.2, 0.25) is 0 Å². The molecule has 2 aromatic carbocycles. The predicted octanol–water partition coefficient (Wildman–Crippen LogP) is 5.78. The molecule has 1 saturated carbocycles. The Morgan fingerprint density at radius 2 is 1.53 bits per heavy atom. The number of benzene rings is 2. The number of methoxy groups -OCH3 is 1. The van der Waals surface area contributed by atoms with Crippen LogP contribution in [0.25, 0.3) is 0 Å². The van der Waals surface area contributed by atoms with Gasteiger partial charge in [0.25, 0.3) is 5.91 Å². The van der Waals surface area contributed by atoms with E-state index in [1.165, 1.54) is 12.1 Å². The average molecular weight is 645 g/mol. The number of amides is 2. The van der Waals surface area contributed by atoms with E-state index in [9.17, 15) is 18.0 Å². The van der Waals surface area contributed by atoms with E-state index >= 15 is 0 Å². The van der Waals surface area contributed by atoms with E-state index in [0.717, 1.165) is 12.8 Å². The standard InChI is InChI=1S/C33H44N2O9S/c1-31(2,3)43-30(37)35-20-18-32(19-21-35)16-17-33(23-32,29(36)34-44-28-7-5-6-22-41-28)45(38,39)27-14-12-26(13-15-27)42-25-10-8-24(40-4)9-11-25/h8-15,28H,5-7,16-23H2,1-4H3,(H,34,36).